The summed E-state index contributed by atoms with van der Waals surface area (Å²) in [5, 5.41) is 11.1. The average molecular weight is 507 g/mol. The van der Waals surface area contributed by atoms with Gasteiger partial charge in [-0.05, 0) is 41.8 Å². The molecule has 3 rings (SSSR count). The van der Waals surface area contributed by atoms with E-state index in [-0.39, 0.29) is 16.7 Å². The summed E-state index contributed by atoms with van der Waals surface area (Å²) in [5.41, 5.74) is 0.637. The first-order valence-corrected chi connectivity index (χ1v) is 15.1. The summed E-state index contributed by atoms with van der Waals surface area (Å²) in [4.78, 5) is 0. The molecular weight excluding hydrogens is 464 g/mol. The minimum Gasteiger partial charge on any atom is -0.348 e. The van der Waals surface area contributed by atoms with Gasteiger partial charge in [-0.1, -0.05) is 88.0 Å². The van der Waals surface area contributed by atoms with Gasteiger partial charge >= 0.3 is 0 Å². The fourth-order valence-corrected chi connectivity index (χ4v) is 6.01. The highest BCUT2D eigenvalue weighted by Crippen LogP contribution is 2.32. The predicted octanol–water partition coefficient (Wildman–Crippen LogP) is 5.66. The zero-order valence-corrected chi connectivity index (χ0v) is 22.1. The van der Waals surface area contributed by atoms with E-state index in [2.05, 4.69) is 22.4 Å². The van der Waals surface area contributed by atoms with Crippen LogP contribution in [0.3, 0.4) is 0 Å². The largest absolute Gasteiger partial charge is 0.348 e. The van der Waals surface area contributed by atoms with Crippen molar-refractivity contribution in [3.8, 4) is 5.69 Å². The SMILES string of the molecule is CCCCCCCCCC1(CCCCCCCS(=O)(=O)c2nnnn2-c2ccccc2)OCCO1. The van der Waals surface area contributed by atoms with Gasteiger partial charge in [0, 0.05) is 12.8 Å². The van der Waals surface area contributed by atoms with Crippen LogP contribution in [0.25, 0.3) is 5.69 Å². The van der Waals surface area contributed by atoms with Crippen molar-refractivity contribution in [1.29, 1.82) is 0 Å². The van der Waals surface area contributed by atoms with Crippen LogP contribution in [0.2, 0.25) is 0 Å². The van der Waals surface area contributed by atoms with E-state index in [0.29, 0.717) is 25.3 Å². The molecule has 0 N–H and O–H groups in total. The van der Waals surface area contributed by atoms with Crippen LogP contribution >= 0.6 is 0 Å². The van der Waals surface area contributed by atoms with Gasteiger partial charge < -0.3 is 9.47 Å². The van der Waals surface area contributed by atoms with E-state index in [0.717, 1.165) is 44.9 Å². The first-order valence-electron chi connectivity index (χ1n) is 13.4. The molecule has 35 heavy (non-hydrogen) atoms. The third kappa shape index (κ3) is 8.95. The van der Waals surface area contributed by atoms with Crippen LogP contribution in [0.5, 0.6) is 0 Å². The van der Waals surface area contributed by atoms with Crippen molar-refractivity contribution in [2.75, 3.05) is 19.0 Å². The molecule has 0 spiro atoms. The van der Waals surface area contributed by atoms with Gasteiger partial charge in [-0.25, -0.2) is 8.42 Å². The zero-order chi connectivity index (χ0) is 24.8. The Morgan fingerprint density at radius 2 is 1.40 bits per heavy atom. The fourth-order valence-electron chi connectivity index (χ4n) is 4.67. The Bertz CT molecular complexity index is 943. The molecule has 0 aliphatic carbocycles. The number of tetrazole rings is 1. The Morgan fingerprint density at radius 3 is 2.03 bits per heavy atom. The standard InChI is InChI=1S/C26H42N4O4S/c1-2-3-4-5-6-8-14-19-26(33-21-22-34-26)20-15-9-7-10-16-23-35(31,32)25-27-28-29-30(25)24-17-12-11-13-18-24/h11-13,17-18H,2-10,14-16,19-23H2,1H3. The van der Waals surface area contributed by atoms with E-state index in [9.17, 15) is 8.42 Å². The van der Waals surface area contributed by atoms with Gasteiger partial charge in [-0.3, -0.25) is 0 Å². The summed E-state index contributed by atoms with van der Waals surface area (Å²) < 4.78 is 38.9. The van der Waals surface area contributed by atoms with Gasteiger partial charge in [0.2, 0.25) is 9.84 Å². The Kier molecular flexibility index (Phi) is 11.6. The second-order valence-corrected chi connectivity index (χ2v) is 11.5. The van der Waals surface area contributed by atoms with Crippen molar-refractivity contribution in [3.05, 3.63) is 30.3 Å². The molecule has 0 atom stereocenters. The number of rotatable bonds is 18. The van der Waals surface area contributed by atoms with Crippen LogP contribution < -0.4 is 0 Å². The summed E-state index contributed by atoms with van der Waals surface area (Å²) in [6, 6.07) is 9.09. The molecule has 1 aliphatic heterocycles. The molecule has 1 aliphatic rings. The van der Waals surface area contributed by atoms with E-state index in [1.54, 1.807) is 12.1 Å². The van der Waals surface area contributed by atoms with Crippen LogP contribution in [0, 0.1) is 0 Å². The van der Waals surface area contributed by atoms with E-state index in [1.165, 1.54) is 43.2 Å². The summed E-state index contributed by atoms with van der Waals surface area (Å²) in [5.74, 6) is -0.337. The molecule has 1 aromatic heterocycles. The fraction of sp³-hybridized carbons (Fsp3) is 0.731. The molecular formula is C26H42N4O4S. The third-order valence-corrected chi connectivity index (χ3v) is 8.30. The first-order chi connectivity index (χ1) is 17.1. The number of hydrogen-bond acceptors (Lipinski definition) is 7. The summed E-state index contributed by atoms with van der Waals surface area (Å²) in [6.45, 7) is 3.63. The van der Waals surface area contributed by atoms with Crippen LogP contribution in [0.4, 0.5) is 0 Å². The van der Waals surface area contributed by atoms with Crippen LogP contribution in [0.1, 0.15) is 96.8 Å². The maximum absolute atomic E-state index is 12.8. The lowest BCUT2D eigenvalue weighted by Crippen LogP contribution is -2.30. The Labute approximate surface area is 210 Å². The summed E-state index contributed by atoms with van der Waals surface area (Å²) >= 11 is 0. The minimum atomic E-state index is -3.55. The number of nitrogens with zero attached hydrogens (tertiary/aromatic N) is 4. The number of para-hydroxylation sites is 1. The second kappa shape index (κ2) is 14.7. The molecule has 0 unspecified atom stereocenters. The Balaban J connectivity index is 1.32. The topological polar surface area (TPSA) is 96.2 Å². The van der Waals surface area contributed by atoms with Gasteiger partial charge in [0.1, 0.15) is 0 Å². The monoisotopic (exact) mass is 506 g/mol. The number of hydrogen-bond donors (Lipinski definition) is 0. The Hall–Kier alpha value is -1.84. The maximum Gasteiger partial charge on any atom is 0.272 e. The van der Waals surface area contributed by atoms with Crippen molar-refractivity contribution < 1.29 is 17.9 Å². The van der Waals surface area contributed by atoms with Crippen molar-refractivity contribution in [2.45, 2.75) is 108 Å². The molecule has 0 bridgehead atoms. The number of unbranched alkanes of at least 4 members (excludes halogenated alkanes) is 10. The lowest BCUT2D eigenvalue weighted by molar-refractivity contribution is -0.168. The smallest absolute Gasteiger partial charge is 0.272 e. The van der Waals surface area contributed by atoms with Gasteiger partial charge in [-0.15, -0.1) is 0 Å². The molecule has 0 saturated carbocycles. The van der Waals surface area contributed by atoms with Gasteiger partial charge in [-0.2, -0.15) is 4.68 Å². The molecule has 9 heteroatoms. The van der Waals surface area contributed by atoms with Crippen LogP contribution in [0.15, 0.2) is 35.5 Å². The lowest BCUT2D eigenvalue weighted by atomic mass is 9.99. The number of ether oxygens (including phenoxy) is 2. The molecule has 1 fully saturated rings. The van der Waals surface area contributed by atoms with E-state index in [1.807, 2.05) is 18.2 Å². The van der Waals surface area contributed by atoms with Gasteiger partial charge in [0.25, 0.3) is 5.16 Å². The molecule has 8 nitrogen and oxygen atoms in total. The normalized spacial score (nSPS) is 15.6. The van der Waals surface area contributed by atoms with E-state index in [4.69, 9.17) is 9.47 Å². The van der Waals surface area contributed by atoms with Crippen molar-refractivity contribution >= 4 is 9.84 Å². The maximum atomic E-state index is 12.8. The van der Waals surface area contributed by atoms with Crippen molar-refractivity contribution in [1.82, 2.24) is 20.2 Å². The van der Waals surface area contributed by atoms with Crippen LogP contribution in [-0.2, 0) is 19.3 Å². The highest BCUT2D eigenvalue weighted by molar-refractivity contribution is 7.91. The molecule has 0 amide bonds. The lowest BCUT2D eigenvalue weighted by Gasteiger charge is -2.27. The Morgan fingerprint density at radius 1 is 0.829 bits per heavy atom. The molecule has 1 aromatic carbocycles. The summed E-state index contributed by atoms with van der Waals surface area (Å²) in [7, 11) is -3.55. The predicted molar refractivity (Wildman–Crippen MR) is 136 cm³/mol. The molecule has 196 valence electrons. The van der Waals surface area contributed by atoms with E-state index < -0.39 is 9.84 Å². The average Bonchev–Trinajstić information content (AvgIpc) is 3.54. The first kappa shape index (κ1) is 27.7. The van der Waals surface area contributed by atoms with Crippen molar-refractivity contribution in [3.63, 3.8) is 0 Å². The summed E-state index contributed by atoms with van der Waals surface area (Å²) in [6.07, 6.45) is 15.5. The van der Waals surface area contributed by atoms with Gasteiger partial charge in [0.05, 0.1) is 24.7 Å². The second-order valence-electron chi connectivity index (χ2n) is 9.52. The quantitative estimate of drug-likeness (QED) is 0.241. The van der Waals surface area contributed by atoms with E-state index >= 15 is 0 Å². The number of aromatic nitrogens is 4. The highest BCUT2D eigenvalue weighted by Gasteiger charge is 2.35. The molecule has 2 heterocycles. The minimum absolute atomic E-state index is 0.0502. The number of benzene rings is 1. The van der Waals surface area contributed by atoms with Crippen molar-refractivity contribution in [2.24, 2.45) is 0 Å². The highest BCUT2D eigenvalue weighted by atomic mass is 32.2. The molecule has 2 aromatic rings. The molecule has 1 saturated heterocycles. The van der Waals surface area contributed by atoms with Gasteiger partial charge in [0.15, 0.2) is 5.79 Å². The van der Waals surface area contributed by atoms with Crippen LogP contribution in [-0.4, -0.2) is 53.4 Å². The zero-order valence-electron chi connectivity index (χ0n) is 21.2. The number of sulfone groups is 1. The molecule has 0 radical (unpaired) electrons. The third-order valence-electron chi connectivity index (χ3n) is 6.67.